The summed E-state index contributed by atoms with van der Waals surface area (Å²) in [7, 11) is 0. The van der Waals surface area contributed by atoms with Crippen molar-refractivity contribution in [3.05, 3.63) is 24.3 Å². The summed E-state index contributed by atoms with van der Waals surface area (Å²) in [6.45, 7) is 0.559. The number of benzene rings is 1. The summed E-state index contributed by atoms with van der Waals surface area (Å²) in [4.78, 5) is 10.6. The molecule has 0 bridgehead atoms. The van der Waals surface area contributed by atoms with Gasteiger partial charge in [-0.1, -0.05) is 6.07 Å². The van der Waals surface area contributed by atoms with E-state index in [4.69, 9.17) is 22.1 Å². The van der Waals surface area contributed by atoms with Crippen LogP contribution in [0.25, 0.3) is 0 Å². The van der Waals surface area contributed by atoms with Crippen LogP contribution in [0.4, 0.5) is 10.5 Å². The first-order valence-corrected chi connectivity index (χ1v) is 5.11. The van der Waals surface area contributed by atoms with Gasteiger partial charge in [-0.2, -0.15) is 0 Å². The Morgan fingerprint density at radius 3 is 3.00 bits per heavy atom. The Labute approximate surface area is 93.4 Å². The van der Waals surface area contributed by atoms with Gasteiger partial charge in [-0.15, -0.1) is 11.6 Å². The van der Waals surface area contributed by atoms with Crippen molar-refractivity contribution in [1.82, 2.24) is 0 Å². The van der Waals surface area contributed by atoms with Crippen molar-refractivity contribution in [1.29, 1.82) is 0 Å². The maximum atomic E-state index is 10.6. The second-order valence-corrected chi connectivity index (χ2v) is 3.29. The van der Waals surface area contributed by atoms with Crippen LogP contribution in [0.1, 0.15) is 6.42 Å². The first-order valence-electron chi connectivity index (χ1n) is 4.57. The number of nitrogens with two attached hydrogens (primary N) is 1. The number of nitrogens with one attached hydrogen (secondary N) is 1. The molecule has 5 heteroatoms. The molecule has 0 unspecified atom stereocenters. The Bertz CT molecular complexity index is 331. The van der Waals surface area contributed by atoms with E-state index in [9.17, 15) is 4.79 Å². The molecule has 4 nitrogen and oxygen atoms in total. The number of hydrogen-bond acceptors (Lipinski definition) is 2. The Balaban J connectivity index is 2.53. The zero-order chi connectivity index (χ0) is 11.1. The minimum absolute atomic E-state index is 0.559. The molecule has 0 fully saturated rings. The van der Waals surface area contributed by atoms with Gasteiger partial charge in [-0.05, 0) is 18.6 Å². The van der Waals surface area contributed by atoms with Crippen LogP contribution in [0.2, 0.25) is 0 Å². The number of ether oxygens (including phenoxy) is 1. The van der Waals surface area contributed by atoms with E-state index in [1.165, 1.54) is 0 Å². The number of primary amides is 1. The second kappa shape index (κ2) is 6.14. The lowest BCUT2D eigenvalue weighted by Gasteiger charge is -2.07. The topological polar surface area (TPSA) is 64.4 Å². The van der Waals surface area contributed by atoms with Gasteiger partial charge in [-0.3, -0.25) is 0 Å². The van der Waals surface area contributed by atoms with E-state index in [2.05, 4.69) is 5.32 Å². The van der Waals surface area contributed by atoms with Gasteiger partial charge in [0.15, 0.2) is 0 Å². The lowest BCUT2D eigenvalue weighted by atomic mass is 10.3. The molecule has 15 heavy (non-hydrogen) atoms. The first-order chi connectivity index (χ1) is 7.22. The molecular formula is C10H13ClN2O2. The molecule has 0 aliphatic rings. The Hall–Kier alpha value is -1.42. The molecule has 0 saturated heterocycles. The molecule has 1 aromatic carbocycles. The number of rotatable bonds is 5. The maximum Gasteiger partial charge on any atom is 0.316 e. The summed E-state index contributed by atoms with van der Waals surface area (Å²) in [6.07, 6.45) is 0.787. The molecule has 0 saturated carbocycles. The van der Waals surface area contributed by atoms with Gasteiger partial charge in [0, 0.05) is 17.6 Å². The van der Waals surface area contributed by atoms with Crippen molar-refractivity contribution in [2.75, 3.05) is 17.8 Å². The van der Waals surface area contributed by atoms with Crippen LogP contribution < -0.4 is 15.8 Å². The van der Waals surface area contributed by atoms with E-state index in [0.717, 1.165) is 6.42 Å². The van der Waals surface area contributed by atoms with Crippen LogP contribution in [0.3, 0.4) is 0 Å². The Morgan fingerprint density at radius 1 is 1.53 bits per heavy atom. The number of alkyl halides is 1. The van der Waals surface area contributed by atoms with Crippen LogP contribution >= 0.6 is 11.6 Å². The second-order valence-electron chi connectivity index (χ2n) is 2.91. The molecule has 0 aliphatic heterocycles. The molecule has 0 atom stereocenters. The highest BCUT2D eigenvalue weighted by Gasteiger charge is 1.98. The van der Waals surface area contributed by atoms with E-state index >= 15 is 0 Å². The molecule has 1 rings (SSSR count). The lowest BCUT2D eigenvalue weighted by molar-refractivity contribution is 0.259. The predicted octanol–water partition coefficient (Wildman–Crippen LogP) is 2.18. The largest absolute Gasteiger partial charge is 0.493 e. The summed E-state index contributed by atoms with van der Waals surface area (Å²) in [5.41, 5.74) is 5.60. The van der Waals surface area contributed by atoms with Crippen molar-refractivity contribution in [2.45, 2.75) is 6.42 Å². The van der Waals surface area contributed by atoms with Crippen molar-refractivity contribution in [2.24, 2.45) is 5.73 Å². The summed E-state index contributed by atoms with van der Waals surface area (Å²) >= 11 is 5.51. The number of anilines is 1. The highest BCUT2D eigenvalue weighted by atomic mass is 35.5. The molecule has 0 radical (unpaired) electrons. The maximum absolute atomic E-state index is 10.6. The number of hydrogen-bond donors (Lipinski definition) is 2. The standard InChI is InChI=1S/C10H13ClN2O2/c11-5-2-6-15-9-4-1-3-8(7-9)13-10(12)14/h1,3-4,7H,2,5-6H2,(H3,12,13,14). The molecule has 3 N–H and O–H groups in total. The highest BCUT2D eigenvalue weighted by Crippen LogP contribution is 2.17. The summed E-state index contributed by atoms with van der Waals surface area (Å²) in [5.74, 6) is 1.26. The van der Waals surface area contributed by atoms with Crippen LogP contribution in [-0.2, 0) is 0 Å². The van der Waals surface area contributed by atoms with Gasteiger partial charge < -0.3 is 15.8 Å². The molecule has 0 aliphatic carbocycles. The minimum Gasteiger partial charge on any atom is -0.493 e. The quantitative estimate of drug-likeness (QED) is 0.599. The van der Waals surface area contributed by atoms with Crippen molar-refractivity contribution >= 4 is 23.3 Å². The lowest BCUT2D eigenvalue weighted by Crippen LogP contribution is -2.19. The van der Waals surface area contributed by atoms with Crippen LogP contribution in [0.5, 0.6) is 5.75 Å². The van der Waals surface area contributed by atoms with Gasteiger partial charge >= 0.3 is 6.03 Å². The molecule has 82 valence electrons. The Morgan fingerprint density at radius 2 is 2.33 bits per heavy atom. The van der Waals surface area contributed by atoms with E-state index in [1.54, 1.807) is 24.3 Å². The number of urea groups is 1. The smallest absolute Gasteiger partial charge is 0.316 e. The van der Waals surface area contributed by atoms with E-state index < -0.39 is 6.03 Å². The average molecular weight is 229 g/mol. The highest BCUT2D eigenvalue weighted by molar-refractivity contribution is 6.17. The fourth-order valence-electron chi connectivity index (χ4n) is 1.05. The van der Waals surface area contributed by atoms with Crippen LogP contribution in [-0.4, -0.2) is 18.5 Å². The van der Waals surface area contributed by atoms with Crippen molar-refractivity contribution < 1.29 is 9.53 Å². The van der Waals surface area contributed by atoms with E-state index in [1.807, 2.05) is 0 Å². The first kappa shape index (κ1) is 11.7. The van der Waals surface area contributed by atoms with Gasteiger partial charge in [0.25, 0.3) is 0 Å². The Kier molecular flexibility index (Phi) is 4.77. The molecule has 0 spiro atoms. The number of carbonyl (C=O) groups is 1. The van der Waals surface area contributed by atoms with Crippen molar-refractivity contribution in [3.63, 3.8) is 0 Å². The van der Waals surface area contributed by atoms with Gasteiger partial charge in [0.2, 0.25) is 0 Å². The van der Waals surface area contributed by atoms with Crippen LogP contribution in [0.15, 0.2) is 24.3 Å². The van der Waals surface area contributed by atoms with Gasteiger partial charge in [0.1, 0.15) is 5.75 Å². The minimum atomic E-state index is -0.590. The normalized spacial score (nSPS) is 9.67. The average Bonchev–Trinajstić information content (AvgIpc) is 2.18. The molecule has 2 amide bonds. The zero-order valence-electron chi connectivity index (χ0n) is 8.20. The number of amides is 2. The van der Waals surface area contributed by atoms with E-state index in [0.29, 0.717) is 23.9 Å². The number of carbonyl (C=O) groups excluding carboxylic acids is 1. The molecule has 0 aromatic heterocycles. The van der Waals surface area contributed by atoms with Crippen LogP contribution in [0, 0.1) is 0 Å². The molecular weight excluding hydrogens is 216 g/mol. The molecule has 0 heterocycles. The van der Waals surface area contributed by atoms with Gasteiger partial charge in [0.05, 0.1) is 6.61 Å². The summed E-state index contributed by atoms with van der Waals surface area (Å²) in [5, 5.41) is 2.47. The fraction of sp³-hybridized carbons (Fsp3) is 0.300. The number of halogens is 1. The van der Waals surface area contributed by atoms with Crippen molar-refractivity contribution in [3.8, 4) is 5.75 Å². The third-order valence-electron chi connectivity index (χ3n) is 1.65. The predicted molar refractivity (Wildman–Crippen MR) is 60.5 cm³/mol. The third-order valence-corrected chi connectivity index (χ3v) is 1.92. The summed E-state index contributed by atoms with van der Waals surface area (Å²) in [6, 6.07) is 6.44. The monoisotopic (exact) mass is 228 g/mol. The third kappa shape index (κ3) is 4.56. The molecule has 1 aromatic rings. The zero-order valence-corrected chi connectivity index (χ0v) is 8.96. The van der Waals surface area contributed by atoms with E-state index in [-0.39, 0.29) is 0 Å². The fourth-order valence-corrected chi connectivity index (χ4v) is 1.16. The summed E-state index contributed by atoms with van der Waals surface area (Å²) < 4.78 is 5.39. The SMILES string of the molecule is NC(=O)Nc1cccc(OCCCCl)c1. The van der Waals surface area contributed by atoms with Gasteiger partial charge in [-0.25, -0.2) is 4.79 Å².